The highest BCUT2D eigenvalue weighted by atomic mass is 15.1. The molecule has 14 heavy (non-hydrogen) atoms. The van der Waals surface area contributed by atoms with Crippen molar-refractivity contribution in [2.75, 3.05) is 20.1 Å². The summed E-state index contributed by atoms with van der Waals surface area (Å²) in [6.45, 7) is 11.1. The van der Waals surface area contributed by atoms with Gasteiger partial charge in [-0.2, -0.15) is 0 Å². The van der Waals surface area contributed by atoms with E-state index in [-0.39, 0.29) is 11.0 Å². The smallest absolute Gasteiger partial charge is 0.0161 e. The van der Waals surface area contributed by atoms with Gasteiger partial charge in [0, 0.05) is 18.6 Å². The Balaban J connectivity index is 2.39. The summed E-state index contributed by atoms with van der Waals surface area (Å²) < 4.78 is 0. The molecular formula is C12H26N2. The molecule has 0 aromatic carbocycles. The molecule has 1 rings (SSSR count). The van der Waals surface area contributed by atoms with E-state index in [4.69, 9.17) is 5.73 Å². The summed E-state index contributed by atoms with van der Waals surface area (Å²) in [5, 5.41) is 0. The molecule has 0 atom stereocenters. The molecule has 1 fully saturated rings. The summed E-state index contributed by atoms with van der Waals surface area (Å²) in [5.41, 5.74) is 6.25. The van der Waals surface area contributed by atoms with Crippen LogP contribution in [0.3, 0.4) is 0 Å². The van der Waals surface area contributed by atoms with Crippen molar-refractivity contribution in [1.29, 1.82) is 0 Å². The summed E-state index contributed by atoms with van der Waals surface area (Å²) >= 11 is 0. The Morgan fingerprint density at radius 1 is 1.21 bits per heavy atom. The third kappa shape index (κ3) is 3.25. The van der Waals surface area contributed by atoms with Crippen molar-refractivity contribution < 1.29 is 0 Å². The van der Waals surface area contributed by atoms with E-state index in [2.05, 4.69) is 39.6 Å². The molecule has 0 unspecified atom stereocenters. The molecule has 0 aromatic rings. The van der Waals surface area contributed by atoms with Crippen LogP contribution in [0.1, 0.15) is 40.5 Å². The zero-order valence-corrected chi connectivity index (χ0v) is 10.4. The topological polar surface area (TPSA) is 29.3 Å². The Morgan fingerprint density at radius 3 is 2.07 bits per heavy atom. The molecule has 0 aliphatic heterocycles. The number of hydrogen-bond donors (Lipinski definition) is 1. The van der Waals surface area contributed by atoms with Gasteiger partial charge < -0.3 is 10.6 Å². The Hall–Kier alpha value is -0.0800. The number of hydrogen-bond acceptors (Lipinski definition) is 2. The van der Waals surface area contributed by atoms with Crippen LogP contribution in [0.5, 0.6) is 0 Å². The van der Waals surface area contributed by atoms with E-state index >= 15 is 0 Å². The number of rotatable bonds is 5. The van der Waals surface area contributed by atoms with Crippen LogP contribution in [0.4, 0.5) is 0 Å². The maximum Gasteiger partial charge on any atom is 0.0161 e. The molecule has 2 N–H and O–H groups in total. The minimum Gasteiger partial charge on any atom is -0.325 e. The Bertz CT molecular complexity index is 187. The molecule has 0 heterocycles. The van der Waals surface area contributed by atoms with Crippen molar-refractivity contribution in [3.8, 4) is 0 Å². The second kappa shape index (κ2) is 3.82. The fourth-order valence-electron chi connectivity index (χ4n) is 1.68. The van der Waals surface area contributed by atoms with Gasteiger partial charge in [-0.1, -0.05) is 13.8 Å². The number of nitrogens with two attached hydrogens (primary N) is 1. The highest BCUT2D eigenvalue weighted by Gasteiger charge is 2.35. The second-order valence-corrected chi connectivity index (χ2v) is 6.25. The molecular weight excluding hydrogens is 172 g/mol. The first-order valence-electron chi connectivity index (χ1n) is 5.70. The van der Waals surface area contributed by atoms with Crippen LogP contribution < -0.4 is 5.73 Å². The lowest BCUT2D eigenvalue weighted by Gasteiger charge is -2.41. The van der Waals surface area contributed by atoms with Gasteiger partial charge in [-0.3, -0.25) is 0 Å². The molecule has 0 amide bonds. The molecule has 0 aromatic heterocycles. The first kappa shape index (κ1) is 12.0. The Kier molecular flexibility index (Phi) is 3.27. The van der Waals surface area contributed by atoms with E-state index in [0.29, 0.717) is 0 Å². The van der Waals surface area contributed by atoms with Gasteiger partial charge in [0.1, 0.15) is 0 Å². The van der Waals surface area contributed by atoms with Gasteiger partial charge in [-0.25, -0.2) is 0 Å². The van der Waals surface area contributed by atoms with Crippen LogP contribution in [0.15, 0.2) is 0 Å². The molecule has 0 spiro atoms. The zero-order valence-electron chi connectivity index (χ0n) is 10.4. The maximum absolute atomic E-state index is 6.18. The van der Waals surface area contributed by atoms with Gasteiger partial charge in [-0.05, 0) is 45.1 Å². The third-order valence-corrected chi connectivity index (χ3v) is 3.68. The normalized spacial score (nSPS) is 19.1. The summed E-state index contributed by atoms with van der Waals surface area (Å²) in [6, 6.07) is 0. The lowest BCUT2D eigenvalue weighted by molar-refractivity contribution is 0.127. The van der Waals surface area contributed by atoms with E-state index in [1.54, 1.807) is 0 Å². The van der Waals surface area contributed by atoms with Gasteiger partial charge >= 0.3 is 0 Å². The predicted octanol–water partition coefficient (Wildman–Crippen LogP) is 2.09. The minimum atomic E-state index is -0.106. The SMILES string of the molecule is CN(CC1CC1)CC(C)(C)C(C)(C)N. The van der Waals surface area contributed by atoms with Gasteiger partial charge in [0.15, 0.2) is 0 Å². The van der Waals surface area contributed by atoms with Gasteiger partial charge in [0.25, 0.3) is 0 Å². The molecule has 0 bridgehead atoms. The molecule has 84 valence electrons. The van der Waals surface area contributed by atoms with Crippen LogP contribution in [-0.4, -0.2) is 30.6 Å². The lowest BCUT2D eigenvalue weighted by Crippen LogP contribution is -2.52. The monoisotopic (exact) mass is 198 g/mol. The third-order valence-electron chi connectivity index (χ3n) is 3.68. The van der Waals surface area contributed by atoms with Gasteiger partial charge in [0.2, 0.25) is 0 Å². The van der Waals surface area contributed by atoms with Crippen molar-refractivity contribution >= 4 is 0 Å². The van der Waals surface area contributed by atoms with Crippen molar-refractivity contribution in [2.45, 2.75) is 46.1 Å². The highest BCUT2D eigenvalue weighted by Crippen LogP contribution is 2.32. The van der Waals surface area contributed by atoms with E-state index < -0.39 is 0 Å². The fourth-order valence-corrected chi connectivity index (χ4v) is 1.68. The quantitative estimate of drug-likeness (QED) is 0.733. The van der Waals surface area contributed by atoms with E-state index in [1.807, 2.05) is 0 Å². The van der Waals surface area contributed by atoms with Crippen LogP contribution in [0, 0.1) is 11.3 Å². The minimum absolute atomic E-state index is 0.106. The van der Waals surface area contributed by atoms with Crippen molar-refractivity contribution in [3.63, 3.8) is 0 Å². The summed E-state index contributed by atoms with van der Waals surface area (Å²) in [7, 11) is 2.21. The van der Waals surface area contributed by atoms with Crippen LogP contribution >= 0.6 is 0 Å². The van der Waals surface area contributed by atoms with E-state index in [0.717, 1.165) is 12.5 Å². The van der Waals surface area contributed by atoms with Crippen molar-refractivity contribution in [1.82, 2.24) is 4.90 Å². The van der Waals surface area contributed by atoms with E-state index in [1.165, 1.54) is 19.4 Å². The lowest BCUT2D eigenvalue weighted by atomic mass is 9.75. The standard InChI is InChI=1S/C12H26N2/c1-11(2,12(3,4)13)9-14(5)8-10-6-7-10/h10H,6-9,13H2,1-5H3. The van der Waals surface area contributed by atoms with Crippen LogP contribution in [0.2, 0.25) is 0 Å². The van der Waals surface area contributed by atoms with Crippen molar-refractivity contribution in [3.05, 3.63) is 0 Å². The molecule has 1 aliphatic carbocycles. The highest BCUT2D eigenvalue weighted by molar-refractivity contribution is 4.92. The fraction of sp³-hybridized carbons (Fsp3) is 1.00. The van der Waals surface area contributed by atoms with Crippen molar-refractivity contribution in [2.24, 2.45) is 17.1 Å². The van der Waals surface area contributed by atoms with E-state index in [9.17, 15) is 0 Å². The molecule has 2 nitrogen and oxygen atoms in total. The Morgan fingerprint density at radius 2 is 1.71 bits per heavy atom. The average molecular weight is 198 g/mol. The summed E-state index contributed by atoms with van der Waals surface area (Å²) in [5.74, 6) is 0.969. The summed E-state index contributed by atoms with van der Waals surface area (Å²) in [4.78, 5) is 2.44. The van der Waals surface area contributed by atoms with Crippen LogP contribution in [-0.2, 0) is 0 Å². The molecule has 0 saturated heterocycles. The molecule has 1 aliphatic rings. The first-order valence-corrected chi connectivity index (χ1v) is 5.70. The average Bonchev–Trinajstić information content (AvgIpc) is 2.66. The largest absolute Gasteiger partial charge is 0.325 e. The summed E-state index contributed by atoms with van der Waals surface area (Å²) in [6.07, 6.45) is 2.85. The second-order valence-electron chi connectivity index (χ2n) is 6.25. The molecule has 0 radical (unpaired) electrons. The molecule has 2 heteroatoms. The zero-order chi connectivity index (χ0) is 11.0. The van der Waals surface area contributed by atoms with Crippen LogP contribution in [0.25, 0.3) is 0 Å². The molecule has 1 saturated carbocycles. The number of nitrogens with zero attached hydrogens (tertiary/aromatic N) is 1. The van der Waals surface area contributed by atoms with Gasteiger partial charge in [0.05, 0.1) is 0 Å². The maximum atomic E-state index is 6.18. The first-order chi connectivity index (χ1) is 6.22. The Labute approximate surface area is 88.8 Å². The predicted molar refractivity (Wildman–Crippen MR) is 62.3 cm³/mol. The van der Waals surface area contributed by atoms with Gasteiger partial charge in [-0.15, -0.1) is 0 Å².